The van der Waals surface area contributed by atoms with Gasteiger partial charge in [0.1, 0.15) is 0 Å². The molecule has 1 aliphatic rings. The molecule has 0 fully saturated rings. The van der Waals surface area contributed by atoms with Gasteiger partial charge < -0.3 is 9.64 Å². The van der Waals surface area contributed by atoms with Crippen molar-refractivity contribution < 1.29 is 14.1 Å². The van der Waals surface area contributed by atoms with Crippen LogP contribution in [0.3, 0.4) is 0 Å². The molecule has 0 aromatic heterocycles. The van der Waals surface area contributed by atoms with Crippen molar-refractivity contribution >= 4 is 29.1 Å². The van der Waals surface area contributed by atoms with Crippen LogP contribution >= 0.6 is 0 Å². The highest BCUT2D eigenvalue weighted by atomic mass is 16.5. The van der Waals surface area contributed by atoms with Gasteiger partial charge in [0.2, 0.25) is 5.69 Å². The predicted molar refractivity (Wildman–Crippen MR) is 152 cm³/mol. The van der Waals surface area contributed by atoms with Gasteiger partial charge in [0, 0.05) is 42.0 Å². The van der Waals surface area contributed by atoms with Crippen LogP contribution in [0.1, 0.15) is 62.2 Å². The van der Waals surface area contributed by atoms with Crippen LogP contribution in [0.5, 0.6) is 0 Å². The molecule has 0 bridgehead atoms. The number of esters is 1. The van der Waals surface area contributed by atoms with E-state index in [1.165, 1.54) is 35.3 Å². The summed E-state index contributed by atoms with van der Waals surface area (Å²) in [6, 6.07) is 25.1. The summed E-state index contributed by atoms with van der Waals surface area (Å²) >= 11 is 0. The maximum atomic E-state index is 11.8. The Bertz CT molecular complexity index is 1250. The second-order valence-corrected chi connectivity index (χ2v) is 9.40. The lowest BCUT2D eigenvalue weighted by molar-refractivity contribution is -0.455. The molecule has 4 heteroatoms. The molecule has 0 amide bonds. The van der Waals surface area contributed by atoms with Gasteiger partial charge in [-0.3, -0.25) is 0 Å². The average Bonchev–Trinajstić information content (AvgIpc) is 3.10. The zero-order chi connectivity index (χ0) is 25.0. The normalized spacial score (nSPS) is 13.9. The summed E-state index contributed by atoms with van der Waals surface area (Å²) in [6.45, 7) is 11.7. The summed E-state index contributed by atoms with van der Waals surface area (Å²) in [5.74, 6) is -0.314. The third-order valence-corrected chi connectivity index (χ3v) is 6.97. The number of allylic oxidation sites excluding steroid dienone is 1. The van der Waals surface area contributed by atoms with Crippen molar-refractivity contribution in [3.8, 4) is 0 Å². The van der Waals surface area contributed by atoms with Gasteiger partial charge in [-0.1, -0.05) is 49.9 Å². The van der Waals surface area contributed by atoms with Gasteiger partial charge in [-0.25, -0.2) is 4.79 Å². The summed E-state index contributed by atoms with van der Waals surface area (Å²) in [6.07, 6.45) is 4.47. The molecule has 0 aliphatic carbocycles. The Morgan fingerprint density at radius 2 is 1.56 bits per heavy atom. The van der Waals surface area contributed by atoms with Crippen LogP contribution in [0, 0.1) is 0 Å². The maximum absolute atomic E-state index is 11.8. The van der Waals surface area contributed by atoms with Crippen molar-refractivity contribution in [2.45, 2.75) is 47.1 Å². The Kier molecular flexibility index (Phi) is 8.52. The molecule has 0 unspecified atom stereocenters. The number of hydrogen-bond acceptors (Lipinski definition) is 3. The molecule has 36 heavy (non-hydrogen) atoms. The van der Waals surface area contributed by atoms with Crippen molar-refractivity contribution in [3.05, 3.63) is 101 Å². The molecule has 0 saturated carbocycles. The number of benzene rings is 3. The van der Waals surface area contributed by atoms with Gasteiger partial charge in [0.25, 0.3) is 0 Å². The maximum Gasteiger partial charge on any atom is 0.337 e. The first-order valence-electron chi connectivity index (χ1n) is 12.3. The highest BCUT2D eigenvalue weighted by Crippen LogP contribution is 2.40. The highest BCUT2D eigenvalue weighted by Gasteiger charge is 2.44. The summed E-state index contributed by atoms with van der Waals surface area (Å²) < 4.78 is 7.23. The fraction of sp³-hybridized carbons (Fsp3) is 0.312. The van der Waals surface area contributed by atoms with Gasteiger partial charge in [-0.05, 0) is 63.6 Å². The van der Waals surface area contributed by atoms with Crippen molar-refractivity contribution in [3.63, 3.8) is 0 Å². The molecule has 0 atom stereocenters. The molecule has 1 heterocycles. The number of hydrogen-bond donors (Lipinski definition) is 0. The number of carbonyl (C=O) groups is 1. The lowest BCUT2D eigenvalue weighted by atomic mass is 9.81. The standard InChI is InChI=1S/C31H35N2O2.CH4/c1-6-32(7-2)26-19-14-23(15-20-26)16-21-29-31(3,4)27-10-8-9-11-28(27)33(29)22-24-12-17-25(18-13-24)30(34)35-5;/h8-21H,6-7,22H2,1-5H3;1H4/q+1;. The molecule has 0 radical (unpaired) electrons. The molecule has 3 aromatic carbocycles. The number of para-hydroxylation sites is 1. The molecular weight excluding hydrogens is 444 g/mol. The van der Waals surface area contributed by atoms with E-state index in [0.717, 1.165) is 25.2 Å². The van der Waals surface area contributed by atoms with Crippen molar-refractivity contribution in [1.82, 2.24) is 0 Å². The Morgan fingerprint density at radius 1 is 0.917 bits per heavy atom. The lowest BCUT2D eigenvalue weighted by Gasteiger charge is -2.20. The van der Waals surface area contributed by atoms with Crippen molar-refractivity contribution in [1.29, 1.82) is 0 Å². The topological polar surface area (TPSA) is 32.5 Å². The molecule has 3 aromatic rings. The summed E-state index contributed by atoms with van der Waals surface area (Å²) in [5, 5.41) is 0. The fourth-order valence-corrected chi connectivity index (χ4v) is 4.92. The third kappa shape index (κ3) is 5.28. The van der Waals surface area contributed by atoms with E-state index in [2.05, 4.69) is 97.9 Å². The number of fused-ring (bicyclic) bond motifs is 1. The van der Waals surface area contributed by atoms with Crippen LogP contribution in [0.2, 0.25) is 0 Å². The summed E-state index contributed by atoms with van der Waals surface area (Å²) in [5.41, 5.74) is 7.82. The number of anilines is 1. The zero-order valence-corrected chi connectivity index (χ0v) is 21.4. The molecular formula is C32H39N2O2+. The van der Waals surface area contributed by atoms with Crippen LogP contribution in [0.4, 0.5) is 11.4 Å². The minimum absolute atomic E-state index is 0. The van der Waals surface area contributed by atoms with E-state index in [9.17, 15) is 4.79 Å². The van der Waals surface area contributed by atoms with Crippen LogP contribution in [-0.2, 0) is 16.7 Å². The Morgan fingerprint density at radius 3 is 2.17 bits per heavy atom. The van der Waals surface area contributed by atoms with Gasteiger partial charge in [0.05, 0.1) is 18.1 Å². The number of ether oxygens (including phenoxy) is 1. The molecule has 4 nitrogen and oxygen atoms in total. The van der Waals surface area contributed by atoms with Crippen LogP contribution in [-0.4, -0.2) is 36.5 Å². The van der Waals surface area contributed by atoms with E-state index in [1.54, 1.807) is 0 Å². The first-order chi connectivity index (χ1) is 16.9. The fourth-order valence-electron chi connectivity index (χ4n) is 4.92. The SMILES string of the molecule is C.CCN(CC)c1ccc(/C=C/C2=[N+](Cc3ccc(C(=O)OC)cc3)c3ccccc3C2(C)C)cc1. The monoisotopic (exact) mass is 483 g/mol. The quantitative estimate of drug-likeness (QED) is 0.250. The summed E-state index contributed by atoms with van der Waals surface area (Å²) in [4.78, 5) is 14.2. The van der Waals surface area contributed by atoms with Crippen molar-refractivity contribution in [2.75, 3.05) is 25.1 Å². The number of carbonyl (C=O) groups excluding carboxylic acids is 1. The smallest absolute Gasteiger partial charge is 0.337 e. The second-order valence-electron chi connectivity index (χ2n) is 9.40. The molecule has 1 aliphatic heterocycles. The van der Waals surface area contributed by atoms with Gasteiger partial charge in [-0.15, -0.1) is 0 Å². The summed E-state index contributed by atoms with van der Waals surface area (Å²) in [7, 11) is 1.41. The van der Waals surface area contributed by atoms with E-state index in [0.29, 0.717) is 5.56 Å². The Hall–Kier alpha value is -3.66. The van der Waals surface area contributed by atoms with Gasteiger partial charge in [-0.2, -0.15) is 4.58 Å². The van der Waals surface area contributed by atoms with E-state index in [-0.39, 0.29) is 18.8 Å². The van der Waals surface area contributed by atoms with Crippen LogP contribution in [0.25, 0.3) is 6.08 Å². The minimum atomic E-state index is -0.314. The van der Waals surface area contributed by atoms with E-state index in [4.69, 9.17) is 4.74 Å². The van der Waals surface area contributed by atoms with E-state index in [1.807, 2.05) is 24.3 Å². The van der Waals surface area contributed by atoms with Crippen molar-refractivity contribution in [2.24, 2.45) is 0 Å². The van der Waals surface area contributed by atoms with Crippen LogP contribution < -0.4 is 4.90 Å². The Balaban J connectivity index is 0.00000361. The van der Waals surface area contributed by atoms with Gasteiger partial charge >= 0.3 is 5.97 Å². The second kappa shape index (κ2) is 11.4. The predicted octanol–water partition coefficient (Wildman–Crippen LogP) is 7.25. The minimum Gasteiger partial charge on any atom is -0.465 e. The largest absolute Gasteiger partial charge is 0.465 e. The number of nitrogens with zero attached hydrogens (tertiary/aromatic N) is 2. The first kappa shape index (κ1) is 26.9. The molecule has 0 saturated heterocycles. The Labute approximate surface area is 216 Å². The van der Waals surface area contributed by atoms with Gasteiger partial charge in [0.15, 0.2) is 12.3 Å². The molecule has 0 spiro atoms. The van der Waals surface area contributed by atoms with E-state index >= 15 is 0 Å². The molecule has 188 valence electrons. The zero-order valence-electron chi connectivity index (χ0n) is 21.4. The molecule has 0 N–H and O–H groups in total. The first-order valence-corrected chi connectivity index (χ1v) is 12.3. The van der Waals surface area contributed by atoms with E-state index < -0.39 is 0 Å². The molecule has 4 rings (SSSR count). The number of rotatable bonds is 8. The lowest BCUT2D eigenvalue weighted by Crippen LogP contribution is -2.27. The highest BCUT2D eigenvalue weighted by molar-refractivity contribution is 6.05. The third-order valence-electron chi connectivity index (χ3n) is 6.97. The number of methoxy groups -OCH3 is 1. The van der Waals surface area contributed by atoms with Crippen LogP contribution in [0.15, 0.2) is 78.9 Å². The average molecular weight is 484 g/mol.